The second-order valence-corrected chi connectivity index (χ2v) is 4.25. The van der Waals surface area contributed by atoms with E-state index in [1.54, 1.807) is 13.8 Å². The highest BCUT2D eigenvalue weighted by atomic mass is 19.4. The molecule has 1 aromatic heterocycles. The van der Waals surface area contributed by atoms with Crippen molar-refractivity contribution in [3.63, 3.8) is 0 Å². The highest BCUT2D eigenvalue weighted by Crippen LogP contribution is 2.30. The molecule has 0 atom stereocenters. The first-order chi connectivity index (χ1) is 8.66. The van der Waals surface area contributed by atoms with Crippen molar-refractivity contribution in [1.82, 2.24) is 9.55 Å². The molecule has 0 unspecified atom stereocenters. The molecule has 104 valence electrons. The Morgan fingerprint density at radius 3 is 2.32 bits per heavy atom. The summed E-state index contributed by atoms with van der Waals surface area (Å²) in [6.45, 7) is 6.78. The minimum absolute atomic E-state index is 0.0702. The van der Waals surface area contributed by atoms with Gasteiger partial charge in [-0.05, 0) is 19.9 Å². The standard InChI is InChI=1S/C13H14F4N2/c1-5-9(10(14)6-8(2)3)12-18-11(7-19(12)4)13(15,16)17/h5-7H,1H2,2-4H3/b10-9-. The maximum Gasteiger partial charge on any atom is 0.434 e. The van der Waals surface area contributed by atoms with E-state index in [0.29, 0.717) is 5.57 Å². The average Bonchev–Trinajstić information content (AvgIpc) is 2.60. The Labute approximate surface area is 108 Å². The lowest BCUT2D eigenvalue weighted by molar-refractivity contribution is -0.141. The Kier molecular flexibility index (Phi) is 4.34. The van der Waals surface area contributed by atoms with E-state index < -0.39 is 17.7 Å². The van der Waals surface area contributed by atoms with Gasteiger partial charge < -0.3 is 4.57 Å². The van der Waals surface area contributed by atoms with Crippen LogP contribution >= 0.6 is 0 Å². The van der Waals surface area contributed by atoms with Gasteiger partial charge in [-0.2, -0.15) is 13.2 Å². The largest absolute Gasteiger partial charge is 0.434 e. The molecule has 0 bridgehead atoms. The number of rotatable bonds is 3. The SMILES string of the molecule is C=C/C(=C(/F)C=C(C)C)c1nc(C(F)(F)F)cn1C. The van der Waals surface area contributed by atoms with Crippen LogP contribution < -0.4 is 0 Å². The third kappa shape index (κ3) is 3.56. The summed E-state index contributed by atoms with van der Waals surface area (Å²) in [6, 6.07) is 0. The Balaban J connectivity index is 3.40. The molecule has 0 aliphatic carbocycles. The van der Waals surface area contributed by atoms with Crippen LogP contribution in [0.3, 0.4) is 0 Å². The maximum absolute atomic E-state index is 13.9. The number of halogens is 4. The maximum atomic E-state index is 13.9. The smallest absolute Gasteiger partial charge is 0.333 e. The summed E-state index contributed by atoms with van der Waals surface area (Å²) >= 11 is 0. The molecule has 0 saturated carbocycles. The topological polar surface area (TPSA) is 17.8 Å². The fourth-order valence-electron chi connectivity index (χ4n) is 1.48. The number of imidazole rings is 1. The van der Waals surface area contributed by atoms with Crippen LogP contribution in [0.15, 0.2) is 36.3 Å². The molecule has 0 spiro atoms. The lowest BCUT2D eigenvalue weighted by atomic mass is 10.2. The molecule has 0 amide bonds. The molecule has 1 heterocycles. The average molecular weight is 274 g/mol. The van der Waals surface area contributed by atoms with E-state index in [0.717, 1.165) is 16.8 Å². The number of nitrogens with zero attached hydrogens (tertiary/aromatic N) is 2. The molecule has 0 saturated heterocycles. The van der Waals surface area contributed by atoms with E-state index >= 15 is 0 Å². The normalized spacial score (nSPS) is 13.0. The molecule has 0 N–H and O–H groups in total. The van der Waals surface area contributed by atoms with Gasteiger partial charge in [0.2, 0.25) is 0 Å². The molecule has 0 aromatic carbocycles. The van der Waals surface area contributed by atoms with Crippen LogP contribution in [-0.4, -0.2) is 9.55 Å². The Hall–Kier alpha value is -1.85. The molecular formula is C13H14F4N2. The number of hydrogen-bond acceptors (Lipinski definition) is 1. The Morgan fingerprint density at radius 1 is 1.37 bits per heavy atom. The van der Waals surface area contributed by atoms with Crippen LogP contribution in [0.5, 0.6) is 0 Å². The van der Waals surface area contributed by atoms with Gasteiger partial charge in [-0.25, -0.2) is 9.37 Å². The van der Waals surface area contributed by atoms with Crippen LogP contribution in [0.4, 0.5) is 17.6 Å². The van der Waals surface area contributed by atoms with Gasteiger partial charge in [0.05, 0.1) is 5.57 Å². The second-order valence-electron chi connectivity index (χ2n) is 4.25. The minimum Gasteiger partial charge on any atom is -0.333 e. The quantitative estimate of drug-likeness (QED) is 0.594. The van der Waals surface area contributed by atoms with Gasteiger partial charge in [0.15, 0.2) is 5.69 Å². The third-order valence-corrected chi connectivity index (χ3v) is 2.28. The highest BCUT2D eigenvalue weighted by molar-refractivity contribution is 5.73. The van der Waals surface area contributed by atoms with Crippen LogP contribution in [0.2, 0.25) is 0 Å². The number of hydrogen-bond donors (Lipinski definition) is 0. The van der Waals surface area contributed by atoms with Gasteiger partial charge in [0.25, 0.3) is 0 Å². The monoisotopic (exact) mass is 274 g/mol. The van der Waals surface area contributed by atoms with Gasteiger partial charge in [-0.1, -0.05) is 18.2 Å². The van der Waals surface area contributed by atoms with Gasteiger partial charge in [-0.3, -0.25) is 0 Å². The minimum atomic E-state index is -4.56. The molecule has 0 aliphatic rings. The summed E-state index contributed by atoms with van der Waals surface area (Å²) < 4.78 is 52.6. The van der Waals surface area contributed by atoms with Crippen LogP contribution in [0, 0.1) is 0 Å². The molecule has 0 fully saturated rings. The summed E-state index contributed by atoms with van der Waals surface area (Å²) in [5, 5.41) is 0. The van der Waals surface area contributed by atoms with Crippen LogP contribution in [0.25, 0.3) is 5.57 Å². The summed E-state index contributed by atoms with van der Waals surface area (Å²) in [7, 11) is 1.37. The number of allylic oxidation sites excluding steroid dienone is 5. The second kappa shape index (κ2) is 5.42. The highest BCUT2D eigenvalue weighted by Gasteiger charge is 2.34. The summed E-state index contributed by atoms with van der Waals surface area (Å²) in [6.07, 6.45) is -1.37. The number of alkyl halides is 3. The predicted molar refractivity (Wildman–Crippen MR) is 65.9 cm³/mol. The van der Waals surface area contributed by atoms with Crippen LogP contribution in [0.1, 0.15) is 25.4 Å². The number of aromatic nitrogens is 2. The van der Waals surface area contributed by atoms with Gasteiger partial charge in [0.1, 0.15) is 11.7 Å². The molecule has 2 nitrogen and oxygen atoms in total. The van der Waals surface area contributed by atoms with E-state index in [4.69, 9.17) is 0 Å². The third-order valence-electron chi connectivity index (χ3n) is 2.28. The first kappa shape index (κ1) is 15.2. The van der Waals surface area contributed by atoms with Crippen molar-refractivity contribution in [2.75, 3.05) is 0 Å². The first-order valence-corrected chi connectivity index (χ1v) is 5.45. The van der Waals surface area contributed by atoms with Crippen molar-refractivity contribution in [2.45, 2.75) is 20.0 Å². The molecule has 0 aliphatic heterocycles. The molecule has 1 rings (SSSR count). The van der Waals surface area contributed by atoms with Crippen molar-refractivity contribution in [2.24, 2.45) is 7.05 Å². The van der Waals surface area contributed by atoms with E-state index in [-0.39, 0.29) is 11.4 Å². The van der Waals surface area contributed by atoms with E-state index in [1.807, 2.05) is 0 Å². The van der Waals surface area contributed by atoms with E-state index in [9.17, 15) is 17.6 Å². The summed E-state index contributed by atoms with van der Waals surface area (Å²) in [4.78, 5) is 3.42. The number of aryl methyl sites for hydroxylation is 1. The zero-order valence-electron chi connectivity index (χ0n) is 10.8. The fourth-order valence-corrected chi connectivity index (χ4v) is 1.48. The van der Waals surface area contributed by atoms with Crippen molar-refractivity contribution in [3.05, 3.63) is 47.8 Å². The predicted octanol–water partition coefficient (Wildman–Crippen LogP) is 4.27. The fraction of sp³-hybridized carbons (Fsp3) is 0.308. The van der Waals surface area contributed by atoms with Crippen molar-refractivity contribution in [1.29, 1.82) is 0 Å². The van der Waals surface area contributed by atoms with Gasteiger partial charge in [0, 0.05) is 13.2 Å². The van der Waals surface area contributed by atoms with Gasteiger partial charge >= 0.3 is 6.18 Å². The van der Waals surface area contributed by atoms with E-state index in [2.05, 4.69) is 11.6 Å². The van der Waals surface area contributed by atoms with Crippen molar-refractivity contribution < 1.29 is 17.6 Å². The first-order valence-electron chi connectivity index (χ1n) is 5.45. The van der Waals surface area contributed by atoms with Crippen molar-refractivity contribution >= 4 is 5.57 Å². The lowest BCUT2D eigenvalue weighted by Gasteiger charge is -2.03. The lowest BCUT2D eigenvalue weighted by Crippen LogP contribution is -2.05. The zero-order chi connectivity index (χ0) is 14.8. The Morgan fingerprint density at radius 2 is 1.95 bits per heavy atom. The molecular weight excluding hydrogens is 260 g/mol. The van der Waals surface area contributed by atoms with Crippen LogP contribution in [-0.2, 0) is 13.2 Å². The Bertz CT molecular complexity index is 543. The molecule has 6 heteroatoms. The van der Waals surface area contributed by atoms with E-state index in [1.165, 1.54) is 13.1 Å². The molecule has 19 heavy (non-hydrogen) atoms. The molecule has 0 radical (unpaired) electrons. The van der Waals surface area contributed by atoms with Gasteiger partial charge in [-0.15, -0.1) is 0 Å². The van der Waals surface area contributed by atoms with Crippen molar-refractivity contribution in [3.8, 4) is 0 Å². The summed E-state index contributed by atoms with van der Waals surface area (Å²) in [5.41, 5.74) is -0.448. The zero-order valence-corrected chi connectivity index (χ0v) is 10.8. The summed E-state index contributed by atoms with van der Waals surface area (Å²) in [5.74, 6) is -0.783. The molecule has 1 aromatic rings.